The summed E-state index contributed by atoms with van der Waals surface area (Å²) >= 11 is 0. The molecule has 2 N–H and O–H groups in total. The van der Waals surface area contributed by atoms with E-state index in [0.717, 1.165) is 5.69 Å². The Bertz CT molecular complexity index is 568. The van der Waals surface area contributed by atoms with Gasteiger partial charge in [0.1, 0.15) is 5.56 Å². The molecule has 1 amide bonds. The first kappa shape index (κ1) is 12.3. The van der Waals surface area contributed by atoms with Gasteiger partial charge in [-0.15, -0.1) is 0 Å². The van der Waals surface area contributed by atoms with Crippen LogP contribution < -0.4 is 5.32 Å². The molecule has 2 heterocycles. The molecule has 0 unspecified atom stereocenters. The lowest BCUT2D eigenvalue weighted by Crippen LogP contribution is -2.15. The van der Waals surface area contributed by atoms with Crippen molar-refractivity contribution in [3.63, 3.8) is 0 Å². The van der Waals surface area contributed by atoms with Crippen LogP contribution in [-0.2, 0) is 0 Å². The zero-order chi connectivity index (χ0) is 13.3. The van der Waals surface area contributed by atoms with E-state index in [1.165, 1.54) is 0 Å². The maximum atomic E-state index is 12.2. The van der Waals surface area contributed by atoms with E-state index in [-0.39, 0.29) is 11.8 Å². The van der Waals surface area contributed by atoms with Gasteiger partial charge in [-0.3, -0.25) is 9.89 Å². The number of H-pyrrole nitrogens is 1. The van der Waals surface area contributed by atoms with E-state index in [1.54, 1.807) is 13.0 Å². The van der Waals surface area contributed by atoms with Crippen LogP contribution in [0, 0.1) is 13.8 Å². The van der Waals surface area contributed by atoms with E-state index in [2.05, 4.69) is 20.7 Å². The zero-order valence-corrected chi connectivity index (χ0v) is 10.9. The molecule has 0 saturated carbocycles. The first-order chi connectivity index (χ1) is 8.49. The van der Waals surface area contributed by atoms with Gasteiger partial charge in [-0.25, -0.2) is 0 Å². The fraction of sp³-hybridized carbons (Fsp3) is 0.417. The normalized spacial score (nSPS) is 10.9. The van der Waals surface area contributed by atoms with Gasteiger partial charge in [-0.05, 0) is 13.8 Å². The van der Waals surface area contributed by atoms with Crippen LogP contribution in [0.15, 0.2) is 10.6 Å². The molecule has 6 heteroatoms. The first-order valence-electron chi connectivity index (χ1n) is 5.78. The molecule has 0 aliphatic rings. The summed E-state index contributed by atoms with van der Waals surface area (Å²) in [5.41, 5.74) is 1.96. The highest BCUT2D eigenvalue weighted by Crippen LogP contribution is 2.23. The lowest BCUT2D eigenvalue weighted by molar-refractivity contribution is 0.102. The van der Waals surface area contributed by atoms with Gasteiger partial charge >= 0.3 is 0 Å². The van der Waals surface area contributed by atoms with Crippen molar-refractivity contribution in [1.29, 1.82) is 0 Å². The summed E-state index contributed by atoms with van der Waals surface area (Å²) in [5, 5.41) is 13.3. The number of nitrogens with zero attached hydrogens (tertiary/aromatic N) is 2. The molecule has 0 atom stereocenters. The molecule has 2 aromatic heterocycles. The molecule has 0 bridgehead atoms. The van der Waals surface area contributed by atoms with Gasteiger partial charge in [-0.1, -0.05) is 19.0 Å². The fourth-order valence-electron chi connectivity index (χ4n) is 1.72. The second kappa shape index (κ2) is 4.64. The number of carbonyl (C=O) groups excluding carboxylic acids is 1. The minimum absolute atomic E-state index is 0.105. The lowest BCUT2D eigenvalue weighted by atomic mass is 10.0. The smallest absolute Gasteiger partial charge is 0.262 e. The molecule has 0 spiro atoms. The molecule has 2 rings (SSSR count). The largest absolute Gasteiger partial charge is 0.360 e. The number of hydrogen-bond acceptors (Lipinski definition) is 4. The molecule has 0 aliphatic carbocycles. The predicted molar refractivity (Wildman–Crippen MR) is 66.6 cm³/mol. The molecule has 0 radical (unpaired) electrons. The topological polar surface area (TPSA) is 83.8 Å². The standard InChI is InChI=1S/C12H16N4O2/c1-6(2)11-10(8(4)16-18-11)12(17)13-9-5-7(3)14-15-9/h5-6H,1-4H3,(H2,13,14,15,17). The Morgan fingerprint density at radius 1 is 1.44 bits per heavy atom. The van der Waals surface area contributed by atoms with Crippen LogP contribution in [0.5, 0.6) is 0 Å². The van der Waals surface area contributed by atoms with Crippen molar-refractivity contribution in [3.05, 3.63) is 28.8 Å². The highest BCUT2D eigenvalue weighted by Gasteiger charge is 2.22. The lowest BCUT2D eigenvalue weighted by Gasteiger charge is -2.04. The molecular formula is C12H16N4O2. The molecule has 18 heavy (non-hydrogen) atoms. The number of aryl methyl sites for hydroxylation is 2. The van der Waals surface area contributed by atoms with Crippen molar-refractivity contribution in [2.24, 2.45) is 0 Å². The van der Waals surface area contributed by atoms with Gasteiger partial charge < -0.3 is 9.84 Å². The van der Waals surface area contributed by atoms with Crippen LogP contribution in [-0.4, -0.2) is 21.3 Å². The van der Waals surface area contributed by atoms with Crippen molar-refractivity contribution < 1.29 is 9.32 Å². The van der Waals surface area contributed by atoms with Crippen molar-refractivity contribution in [2.45, 2.75) is 33.6 Å². The van der Waals surface area contributed by atoms with Crippen molar-refractivity contribution in [2.75, 3.05) is 5.32 Å². The number of hydrogen-bond donors (Lipinski definition) is 2. The second-order valence-corrected chi connectivity index (χ2v) is 4.55. The number of aromatic nitrogens is 3. The molecule has 2 aromatic rings. The first-order valence-corrected chi connectivity index (χ1v) is 5.78. The summed E-state index contributed by atoms with van der Waals surface area (Å²) in [5.74, 6) is 0.946. The van der Waals surface area contributed by atoms with Crippen molar-refractivity contribution in [3.8, 4) is 0 Å². The summed E-state index contributed by atoms with van der Waals surface area (Å²) in [6, 6.07) is 1.76. The number of nitrogens with one attached hydrogen (secondary N) is 2. The van der Waals surface area contributed by atoms with E-state index in [0.29, 0.717) is 22.8 Å². The molecule has 0 aliphatic heterocycles. The monoisotopic (exact) mass is 248 g/mol. The minimum atomic E-state index is -0.246. The molecule has 0 saturated heterocycles. The van der Waals surface area contributed by atoms with Gasteiger partial charge in [0.15, 0.2) is 11.6 Å². The number of rotatable bonds is 3. The van der Waals surface area contributed by atoms with E-state index in [4.69, 9.17) is 4.52 Å². The van der Waals surface area contributed by atoms with Gasteiger partial charge in [-0.2, -0.15) is 5.10 Å². The maximum Gasteiger partial charge on any atom is 0.262 e. The quantitative estimate of drug-likeness (QED) is 0.873. The van der Waals surface area contributed by atoms with Crippen molar-refractivity contribution in [1.82, 2.24) is 15.4 Å². The fourth-order valence-corrected chi connectivity index (χ4v) is 1.72. The maximum absolute atomic E-state index is 12.2. The van der Waals surface area contributed by atoms with E-state index < -0.39 is 0 Å². The van der Waals surface area contributed by atoms with Gasteiger partial charge in [0.25, 0.3) is 5.91 Å². The Hall–Kier alpha value is -2.11. The Balaban J connectivity index is 2.26. The van der Waals surface area contributed by atoms with Crippen LogP contribution in [0.1, 0.15) is 47.3 Å². The average molecular weight is 248 g/mol. The third kappa shape index (κ3) is 2.27. The Morgan fingerprint density at radius 2 is 2.17 bits per heavy atom. The summed E-state index contributed by atoms with van der Waals surface area (Å²) in [7, 11) is 0. The number of carbonyl (C=O) groups is 1. The number of anilines is 1. The highest BCUT2D eigenvalue weighted by atomic mass is 16.5. The Kier molecular flexibility index (Phi) is 3.18. The minimum Gasteiger partial charge on any atom is -0.360 e. The zero-order valence-electron chi connectivity index (χ0n) is 10.9. The van der Waals surface area contributed by atoms with Crippen LogP contribution in [0.4, 0.5) is 5.82 Å². The predicted octanol–water partition coefficient (Wildman–Crippen LogP) is 2.39. The third-order valence-electron chi connectivity index (χ3n) is 2.59. The summed E-state index contributed by atoms with van der Waals surface area (Å²) in [6.07, 6.45) is 0. The Morgan fingerprint density at radius 3 is 2.72 bits per heavy atom. The molecule has 6 nitrogen and oxygen atoms in total. The highest BCUT2D eigenvalue weighted by molar-refractivity contribution is 6.05. The molecule has 0 aromatic carbocycles. The van der Waals surface area contributed by atoms with Gasteiger partial charge in [0.2, 0.25) is 0 Å². The average Bonchev–Trinajstić information content (AvgIpc) is 2.85. The van der Waals surface area contributed by atoms with E-state index >= 15 is 0 Å². The van der Waals surface area contributed by atoms with Gasteiger partial charge in [0.05, 0.1) is 5.69 Å². The van der Waals surface area contributed by atoms with Crippen LogP contribution >= 0.6 is 0 Å². The molecule has 96 valence electrons. The Labute approximate surface area is 105 Å². The molecular weight excluding hydrogens is 232 g/mol. The molecule has 0 fully saturated rings. The van der Waals surface area contributed by atoms with E-state index in [1.807, 2.05) is 20.8 Å². The van der Waals surface area contributed by atoms with E-state index in [9.17, 15) is 4.79 Å². The summed E-state index contributed by atoms with van der Waals surface area (Å²) < 4.78 is 5.18. The number of amides is 1. The number of aromatic amines is 1. The third-order valence-corrected chi connectivity index (χ3v) is 2.59. The SMILES string of the molecule is Cc1cc(NC(=O)c2c(C)noc2C(C)C)n[nH]1. The van der Waals surface area contributed by atoms with Crippen LogP contribution in [0.3, 0.4) is 0 Å². The van der Waals surface area contributed by atoms with Crippen LogP contribution in [0.25, 0.3) is 0 Å². The second-order valence-electron chi connectivity index (χ2n) is 4.55. The van der Waals surface area contributed by atoms with Crippen molar-refractivity contribution >= 4 is 11.7 Å². The summed E-state index contributed by atoms with van der Waals surface area (Å²) in [4.78, 5) is 12.2. The van der Waals surface area contributed by atoms with Gasteiger partial charge in [0, 0.05) is 17.7 Å². The van der Waals surface area contributed by atoms with Crippen LogP contribution in [0.2, 0.25) is 0 Å². The summed E-state index contributed by atoms with van der Waals surface area (Å²) in [6.45, 7) is 7.53.